The Kier molecular flexibility index (Phi) is 2.12. The third-order valence-corrected chi connectivity index (χ3v) is 3.08. The fraction of sp³-hybridized carbons (Fsp3) is 0.500. The van der Waals surface area contributed by atoms with Crippen molar-refractivity contribution in [3.05, 3.63) is 34.4 Å². The molecule has 0 bridgehead atoms. The van der Waals surface area contributed by atoms with E-state index in [1.165, 1.54) is 35.2 Å². The Bertz CT molecular complexity index is 324. The van der Waals surface area contributed by atoms with Gasteiger partial charge in [0.05, 0.1) is 0 Å². The molecule has 0 spiro atoms. The first-order valence-electron chi connectivity index (χ1n) is 4.99. The standard InChI is InChI=1S/C12H17N/c1-8-6-10(3)11(7-9(8)2)12-4-5-13-12/h6-7,12-13H,4-5H2,1-3H3/t12-/m1/s1. The quantitative estimate of drug-likeness (QED) is 0.692. The summed E-state index contributed by atoms with van der Waals surface area (Å²) in [5.74, 6) is 0. The molecule has 1 heterocycles. The zero-order valence-corrected chi connectivity index (χ0v) is 8.65. The first-order chi connectivity index (χ1) is 6.18. The van der Waals surface area contributed by atoms with Crippen LogP contribution in [0.5, 0.6) is 0 Å². The second-order valence-corrected chi connectivity index (χ2v) is 4.09. The normalized spacial score (nSPS) is 21.3. The Labute approximate surface area is 80.2 Å². The minimum Gasteiger partial charge on any atom is -0.310 e. The molecule has 13 heavy (non-hydrogen) atoms. The van der Waals surface area contributed by atoms with Crippen molar-refractivity contribution >= 4 is 0 Å². The van der Waals surface area contributed by atoms with Gasteiger partial charge in [-0.2, -0.15) is 0 Å². The minimum absolute atomic E-state index is 0.624. The molecule has 2 rings (SSSR count). The van der Waals surface area contributed by atoms with E-state index >= 15 is 0 Å². The van der Waals surface area contributed by atoms with Crippen molar-refractivity contribution in [1.29, 1.82) is 0 Å². The van der Waals surface area contributed by atoms with E-state index in [1.807, 2.05) is 0 Å². The maximum atomic E-state index is 3.45. The summed E-state index contributed by atoms with van der Waals surface area (Å²) in [6, 6.07) is 5.26. The summed E-state index contributed by atoms with van der Waals surface area (Å²) in [6.07, 6.45) is 1.29. The summed E-state index contributed by atoms with van der Waals surface area (Å²) in [5, 5.41) is 3.45. The van der Waals surface area contributed by atoms with Crippen molar-refractivity contribution in [3.63, 3.8) is 0 Å². The van der Waals surface area contributed by atoms with Gasteiger partial charge in [0.15, 0.2) is 0 Å². The molecule has 1 N–H and O–H groups in total. The molecule has 1 aliphatic rings. The molecule has 0 aromatic heterocycles. The zero-order chi connectivity index (χ0) is 9.42. The molecule has 1 fully saturated rings. The van der Waals surface area contributed by atoms with Crippen LogP contribution in [-0.4, -0.2) is 6.54 Å². The fourth-order valence-corrected chi connectivity index (χ4v) is 1.91. The van der Waals surface area contributed by atoms with Gasteiger partial charge in [0.25, 0.3) is 0 Å². The first kappa shape index (κ1) is 8.76. The number of hydrogen-bond donors (Lipinski definition) is 1. The molecule has 0 radical (unpaired) electrons. The Morgan fingerprint density at radius 2 is 1.69 bits per heavy atom. The Balaban J connectivity index is 2.39. The van der Waals surface area contributed by atoms with Gasteiger partial charge in [-0.05, 0) is 56.0 Å². The molecular weight excluding hydrogens is 158 g/mol. The van der Waals surface area contributed by atoms with E-state index in [2.05, 4.69) is 38.2 Å². The maximum Gasteiger partial charge on any atom is 0.0335 e. The average molecular weight is 175 g/mol. The highest BCUT2D eigenvalue weighted by Crippen LogP contribution is 2.27. The Morgan fingerprint density at radius 1 is 1.08 bits per heavy atom. The van der Waals surface area contributed by atoms with Crippen LogP contribution in [0.4, 0.5) is 0 Å². The second-order valence-electron chi connectivity index (χ2n) is 4.09. The summed E-state index contributed by atoms with van der Waals surface area (Å²) in [6.45, 7) is 7.76. The molecule has 1 aliphatic heterocycles. The molecular formula is C12H17N. The Hall–Kier alpha value is -0.820. The topological polar surface area (TPSA) is 12.0 Å². The second kappa shape index (κ2) is 3.15. The van der Waals surface area contributed by atoms with Gasteiger partial charge in [0, 0.05) is 6.04 Å². The molecule has 0 aliphatic carbocycles. The molecule has 0 saturated carbocycles. The van der Waals surface area contributed by atoms with Gasteiger partial charge in [0.2, 0.25) is 0 Å². The van der Waals surface area contributed by atoms with Gasteiger partial charge in [-0.1, -0.05) is 12.1 Å². The van der Waals surface area contributed by atoms with Gasteiger partial charge >= 0.3 is 0 Å². The van der Waals surface area contributed by atoms with Crippen LogP contribution < -0.4 is 5.32 Å². The molecule has 1 aromatic carbocycles. The number of nitrogens with one attached hydrogen (secondary N) is 1. The largest absolute Gasteiger partial charge is 0.310 e. The van der Waals surface area contributed by atoms with E-state index in [-0.39, 0.29) is 0 Å². The van der Waals surface area contributed by atoms with Gasteiger partial charge in [-0.25, -0.2) is 0 Å². The van der Waals surface area contributed by atoms with E-state index in [4.69, 9.17) is 0 Å². The lowest BCUT2D eigenvalue weighted by Crippen LogP contribution is -2.35. The fourth-order valence-electron chi connectivity index (χ4n) is 1.91. The highest BCUT2D eigenvalue weighted by atomic mass is 15.0. The van der Waals surface area contributed by atoms with Gasteiger partial charge < -0.3 is 5.32 Å². The summed E-state index contributed by atoms with van der Waals surface area (Å²) in [5.41, 5.74) is 5.74. The third-order valence-electron chi connectivity index (χ3n) is 3.08. The predicted molar refractivity (Wildman–Crippen MR) is 56.0 cm³/mol. The lowest BCUT2D eigenvalue weighted by molar-refractivity contribution is 0.381. The molecule has 1 heteroatoms. The number of benzene rings is 1. The molecule has 1 aromatic rings. The first-order valence-corrected chi connectivity index (χ1v) is 4.99. The van der Waals surface area contributed by atoms with Crippen molar-refractivity contribution in [3.8, 4) is 0 Å². The smallest absolute Gasteiger partial charge is 0.0335 e. The van der Waals surface area contributed by atoms with Crippen LogP contribution in [0.1, 0.15) is 34.7 Å². The molecule has 0 unspecified atom stereocenters. The highest BCUT2D eigenvalue weighted by Gasteiger charge is 2.20. The predicted octanol–water partition coefficient (Wildman–Crippen LogP) is 2.65. The minimum atomic E-state index is 0.624. The van der Waals surface area contributed by atoms with Crippen molar-refractivity contribution in [2.45, 2.75) is 33.2 Å². The van der Waals surface area contributed by atoms with Crippen LogP contribution in [0, 0.1) is 20.8 Å². The van der Waals surface area contributed by atoms with E-state index in [0.29, 0.717) is 6.04 Å². The van der Waals surface area contributed by atoms with Crippen LogP contribution >= 0.6 is 0 Å². The van der Waals surface area contributed by atoms with Crippen LogP contribution in [0.2, 0.25) is 0 Å². The van der Waals surface area contributed by atoms with E-state index in [9.17, 15) is 0 Å². The third kappa shape index (κ3) is 1.49. The molecule has 70 valence electrons. The molecule has 1 nitrogen and oxygen atoms in total. The van der Waals surface area contributed by atoms with E-state index < -0.39 is 0 Å². The van der Waals surface area contributed by atoms with E-state index in [1.54, 1.807) is 0 Å². The summed E-state index contributed by atoms with van der Waals surface area (Å²) in [4.78, 5) is 0. The van der Waals surface area contributed by atoms with Gasteiger partial charge in [-0.3, -0.25) is 0 Å². The Morgan fingerprint density at radius 3 is 2.23 bits per heavy atom. The monoisotopic (exact) mass is 175 g/mol. The maximum absolute atomic E-state index is 3.45. The van der Waals surface area contributed by atoms with Crippen molar-refractivity contribution in [2.24, 2.45) is 0 Å². The van der Waals surface area contributed by atoms with E-state index in [0.717, 1.165) is 0 Å². The number of hydrogen-bond acceptors (Lipinski definition) is 1. The average Bonchev–Trinajstić information content (AvgIpc) is 1.96. The van der Waals surface area contributed by atoms with Gasteiger partial charge in [0.1, 0.15) is 0 Å². The number of rotatable bonds is 1. The highest BCUT2D eigenvalue weighted by molar-refractivity contribution is 5.38. The number of aryl methyl sites for hydroxylation is 3. The molecule has 0 amide bonds. The lowest BCUT2D eigenvalue weighted by Gasteiger charge is -2.30. The van der Waals surface area contributed by atoms with Crippen LogP contribution in [0.15, 0.2) is 12.1 Å². The SMILES string of the molecule is Cc1cc(C)c([C@H]2CCN2)cc1C. The lowest BCUT2D eigenvalue weighted by atomic mass is 9.91. The van der Waals surface area contributed by atoms with Crippen molar-refractivity contribution < 1.29 is 0 Å². The van der Waals surface area contributed by atoms with Crippen LogP contribution in [0.3, 0.4) is 0 Å². The van der Waals surface area contributed by atoms with Crippen LogP contribution in [0.25, 0.3) is 0 Å². The summed E-state index contributed by atoms with van der Waals surface area (Å²) in [7, 11) is 0. The van der Waals surface area contributed by atoms with Gasteiger partial charge in [-0.15, -0.1) is 0 Å². The zero-order valence-electron chi connectivity index (χ0n) is 8.65. The molecule has 1 saturated heterocycles. The van der Waals surface area contributed by atoms with Crippen molar-refractivity contribution in [1.82, 2.24) is 5.32 Å². The van der Waals surface area contributed by atoms with Crippen LogP contribution in [-0.2, 0) is 0 Å². The summed E-state index contributed by atoms with van der Waals surface area (Å²) >= 11 is 0. The molecule has 1 atom stereocenters. The summed E-state index contributed by atoms with van der Waals surface area (Å²) < 4.78 is 0. The van der Waals surface area contributed by atoms with Crippen molar-refractivity contribution in [2.75, 3.05) is 6.54 Å².